The van der Waals surface area contributed by atoms with Crippen LogP contribution in [0.25, 0.3) is 0 Å². The number of halogens is 1. The van der Waals surface area contributed by atoms with Crippen LogP contribution in [0.4, 0.5) is 4.39 Å². The van der Waals surface area contributed by atoms with Gasteiger partial charge in [-0.3, -0.25) is 4.90 Å². The van der Waals surface area contributed by atoms with Crippen molar-refractivity contribution in [2.24, 2.45) is 0 Å². The predicted octanol–water partition coefficient (Wildman–Crippen LogP) is 3.56. The van der Waals surface area contributed by atoms with Gasteiger partial charge in [0.1, 0.15) is 24.3 Å². The van der Waals surface area contributed by atoms with Gasteiger partial charge in [-0.1, -0.05) is 30.3 Å². The highest BCUT2D eigenvalue weighted by molar-refractivity contribution is 5.31. The molecular weight excluding hydrogens is 345 g/mol. The van der Waals surface area contributed by atoms with Crippen molar-refractivity contribution < 1.29 is 19.0 Å². The molecule has 27 heavy (non-hydrogen) atoms. The maximum absolute atomic E-state index is 13.2. The lowest BCUT2D eigenvalue weighted by Gasteiger charge is -2.27. The number of ether oxygens (including phenoxy) is 2. The molecule has 2 atom stereocenters. The third kappa shape index (κ3) is 6.31. The Hall–Kier alpha value is -1.95. The summed E-state index contributed by atoms with van der Waals surface area (Å²) < 4.78 is 24.7. The Morgan fingerprint density at radius 1 is 1.22 bits per heavy atom. The lowest BCUT2D eigenvalue weighted by Crippen LogP contribution is -2.39. The van der Waals surface area contributed by atoms with E-state index >= 15 is 0 Å². The van der Waals surface area contributed by atoms with Gasteiger partial charge in [0.25, 0.3) is 0 Å². The smallest absolute Gasteiger partial charge is 0.123 e. The molecule has 1 saturated heterocycles. The quantitative estimate of drug-likeness (QED) is 0.730. The third-order valence-corrected chi connectivity index (χ3v) is 4.80. The molecule has 0 amide bonds. The van der Waals surface area contributed by atoms with Crippen molar-refractivity contribution >= 4 is 0 Å². The number of aliphatic hydroxyl groups is 1. The highest BCUT2D eigenvalue weighted by atomic mass is 19.1. The van der Waals surface area contributed by atoms with E-state index < -0.39 is 6.10 Å². The van der Waals surface area contributed by atoms with Crippen LogP contribution in [0.1, 0.15) is 24.0 Å². The Morgan fingerprint density at radius 2 is 2.00 bits per heavy atom. The van der Waals surface area contributed by atoms with E-state index in [1.807, 2.05) is 31.2 Å². The van der Waals surface area contributed by atoms with E-state index in [0.717, 1.165) is 42.9 Å². The van der Waals surface area contributed by atoms with Crippen LogP contribution in [-0.4, -0.2) is 48.5 Å². The van der Waals surface area contributed by atoms with Gasteiger partial charge in [-0.2, -0.15) is 0 Å². The van der Waals surface area contributed by atoms with Gasteiger partial charge in [-0.05, 0) is 49.1 Å². The van der Waals surface area contributed by atoms with Crippen molar-refractivity contribution in [1.82, 2.24) is 4.90 Å². The second-order valence-electron chi connectivity index (χ2n) is 7.19. The van der Waals surface area contributed by atoms with E-state index in [-0.39, 0.29) is 18.5 Å². The molecule has 5 heteroatoms. The van der Waals surface area contributed by atoms with E-state index in [0.29, 0.717) is 13.1 Å². The van der Waals surface area contributed by atoms with Crippen LogP contribution in [0, 0.1) is 12.7 Å². The summed E-state index contributed by atoms with van der Waals surface area (Å²) in [7, 11) is 0. The molecule has 2 aromatic rings. The van der Waals surface area contributed by atoms with Crippen LogP contribution in [0.2, 0.25) is 0 Å². The molecule has 1 aliphatic rings. The minimum Gasteiger partial charge on any atom is -0.491 e. The fourth-order valence-corrected chi connectivity index (χ4v) is 3.38. The molecule has 0 spiro atoms. The minimum atomic E-state index is -0.619. The highest BCUT2D eigenvalue weighted by Gasteiger charge is 2.21. The molecule has 2 aromatic carbocycles. The second kappa shape index (κ2) is 9.83. The van der Waals surface area contributed by atoms with Crippen LogP contribution in [0.15, 0.2) is 48.5 Å². The maximum Gasteiger partial charge on any atom is 0.123 e. The zero-order chi connectivity index (χ0) is 19.1. The standard InChI is InChI=1S/C22H28FNO3/c1-17-5-2-3-7-22(17)27-16-20(25)14-24(15-21-6-4-12-26-21)13-18-8-10-19(23)11-9-18/h2-3,5,7-11,20-21,25H,4,6,12-16H2,1H3. The minimum absolute atomic E-state index is 0.190. The molecule has 2 unspecified atom stereocenters. The van der Waals surface area contributed by atoms with Gasteiger partial charge < -0.3 is 14.6 Å². The summed E-state index contributed by atoms with van der Waals surface area (Å²) in [5.41, 5.74) is 2.06. The first-order chi connectivity index (χ1) is 13.1. The lowest BCUT2D eigenvalue weighted by atomic mass is 10.1. The number of hydrogen-bond acceptors (Lipinski definition) is 4. The van der Waals surface area contributed by atoms with Gasteiger partial charge in [0, 0.05) is 26.2 Å². The summed E-state index contributed by atoms with van der Waals surface area (Å²) in [6.07, 6.45) is 1.69. The molecule has 3 rings (SSSR count). The zero-order valence-corrected chi connectivity index (χ0v) is 15.8. The molecular formula is C22H28FNO3. The van der Waals surface area contributed by atoms with Crippen LogP contribution in [0.5, 0.6) is 5.75 Å². The molecule has 4 nitrogen and oxygen atoms in total. The number of hydrogen-bond donors (Lipinski definition) is 1. The van der Waals surface area contributed by atoms with Crippen molar-refractivity contribution in [2.45, 2.75) is 38.5 Å². The average Bonchev–Trinajstić information content (AvgIpc) is 3.16. The van der Waals surface area contributed by atoms with E-state index in [2.05, 4.69) is 4.90 Å². The Bertz CT molecular complexity index is 701. The van der Waals surface area contributed by atoms with Crippen molar-refractivity contribution in [3.63, 3.8) is 0 Å². The van der Waals surface area contributed by atoms with Gasteiger partial charge in [0.15, 0.2) is 0 Å². The Balaban J connectivity index is 1.57. The molecule has 0 bridgehead atoms. The Kier molecular flexibility index (Phi) is 7.21. The summed E-state index contributed by atoms with van der Waals surface area (Å²) in [5.74, 6) is 0.553. The molecule has 0 radical (unpaired) electrons. The second-order valence-corrected chi connectivity index (χ2v) is 7.19. The first-order valence-electron chi connectivity index (χ1n) is 9.55. The van der Waals surface area contributed by atoms with Crippen LogP contribution >= 0.6 is 0 Å². The molecule has 1 aliphatic heterocycles. The summed E-state index contributed by atoms with van der Waals surface area (Å²) in [5, 5.41) is 10.5. The number of para-hydroxylation sites is 1. The van der Waals surface area contributed by atoms with E-state index in [4.69, 9.17) is 9.47 Å². The van der Waals surface area contributed by atoms with Crippen molar-refractivity contribution in [3.8, 4) is 5.75 Å². The Labute approximate surface area is 160 Å². The van der Waals surface area contributed by atoms with E-state index in [1.165, 1.54) is 12.1 Å². The lowest BCUT2D eigenvalue weighted by molar-refractivity contribution is 0.0312. The van der Waals surface area contributed by atoms with Crippen molar-refractivity contribution in [1.29, 1.82) is 0 Å². The topological polar surface area (TPSA) is 41.9 Å². The molecule has 0 saturated carbocycles. The average molecular weight is 373 g/mol. The van der Waals surface area contributed by atoms with Crippen LogP contribution < -0.4 is 4.74 Å². The third-order valence-electron chi connectivity index (χ3n) is 4.80. The number of nitrogens with zero attached hydrogens (tertiary/aromatic N) is 1. The summed E-state index contributed by atoms with van der Waals surface area (Å²) in [6.45, 7) is 4.88. The fourth-order valence-electron chi connectivity index (χ4n) is 3.38. The summed E-state index contributed by atoms with van der Waals surface area (Å²) in [6, 6.07) is 14.3. The number of aryl methyl sites for hydroxylation is 1. The molecule has 1 fully saturated rings. The predicted molar refractivity (Wildman–Crippen MR) is 103 cm³/mol. The SMILES string of the molecule is Cc1ccccc1OCC(O)CN(Cc1ccc(F)cc1)CC1CCCO1. The van der Waals surface area contributed by atoms with Gasteiger partial charge in [-0.25, -0.2) is 4.39 Å². The first kappa shape index (κ1) is 19.8. The van der Waals surface area contributed by atoms with E-state index in [9.17, 15) is 9.50 Å². The summed E-state index contributed by atoms with van der Waals surface area (Å²) >= 11 is 0. The largest absolute Gasteiger partial charge is 0.491 e. The van der Waals surface area contributed by atoms with Crippen molar-refractivity contribution in [3.05, 3.63) is 65.5 Å². The maximum atomic E-state index is 13.2. The van der Waals surface area contributed by atoms with Gasteiger partial charge >= 0.3 is 0 Å². The summed E-state index contributed by atoms with van der Waals surface area (Å²) in [4.78, 5) is 2.16. The van der Waals surface area contributed by atoms with Gasteiger partial charge in [-0.15, -0.1) is 0 Å². The monoisotopic (exact) mass is 373 g/mol. The van der Waals surface area contributed by atoms with E-state index in [1.54, 1.807) is 12.1 Å². The Morgan fingerprint density at radius 3 is 2.70 bits per heavy atom. The molecule has 0 aromatic heterocycles. The zero-order valence-electron chi connectivity index (χ0n) is 15.8. The number of benzene rings is 2. The van der Waals surface area contributed by atoms with Gasteiger partial charge in [0.2, 0.25) is 0 Å². The van der Waals surface area contributed by atoms with Crippen LogP contribution in [0.3, 0.4) is 0 Å². The fraction of sp³-hybridized carbons (Fsp3) is 0.455. The molecule has 1 N–H and O–H groups in total. The first-order valence-corrected chi connectivity index (χ1v) is 9.55. The normalized spacial score (nSPS) is 18.0. The van der Waals surface area contributed by atoms with Crippen LogP contribution in [-0.2, 0) is 11.3 Å². The molecule has 0 aliphatic carbocycles. The van der Waals surface area contributed by atoms with Crippen molar-refractivity contribution in [2.75, 3.05) is 26.3 Å². The molecule has 146 valence electrons. The number of rotatable bonds is 9. The highest BCUT2D eigenvalue weighted by Crippen LogP contribution is 2.18. The van der Waals surface area contributed by atoms with Gasteiger partial charge in [0.05, 0.1) is 6.10 Å². The molecule has 1 heterocycles. The number of aliphatic hydroxyl groups excluding tert-OH is 1.